The summed E-state index contributed by atoms with van der Waals surface area (Å²) in [4.78, 5) is 26.7. The van der Waals surface area contributed by atoms with Crippen molar-refractivity contribution in [1.82, 2.24) is 5.06 Å². The molecule has 78 valence electrons. The lowest BCUT2D eigenvalue weighted by atomic mass is 10.6. The van der Waals surface area contributed by atoms with Crippen LogP contribution < -0.4 is 0 Å². The van der Waals surface area contributed by atoms with Gasteiger partial charge < -0.3 is 9.84 Å². The Kier molecular flexibility index (Phi) is 4.24. The highest BCUT2D eigenvalue weighted by atomic mass is 16.7. The van der Waals surface area contributed by atoms with Gasteiger partial charge in [0.1, 0.15) is 0 Å². The fraction of sp³-hybridized carbons (Fsp3) is 0.500. The molecule has 1 aliphatic rings. The van der Waals surface area contributed by atoms with E-state index in [0.29, 0.717) is 5.06 Å². The van der Waals surface area contributed by atoms with E-state index in [2.05, 4.69) is 0 Å². The van der Waals surface area contributed by atoms with Crippen LogP contribution in [0, 0.1) is 0 Å². The predicted octanol–water partition coefficient (Wildman–Crippen LogP) is -1.15. The summed E-state index contributed by atoms with van der Waals surface area (Å²) in [6.45, 7) is 0.462. The largest absolute Gasteiger partial charge is 0.394 e. The Bertz CT molecular complexity index is 232. The molecule has 0 unspecified atom stereocenters. The summed E-state index contributed by atoms with van der Waals surface area (Å²) in [5.74, 6) is -0.977. The van der Waals surface area contributed by atoms with Gasteiger partial charge in [0.2, 0.25) is 0 Å². The maximum absolute atomic E-state index is 10.9. The van der Waals surface area contributed by atoms with Crippen LogP contribution in [0.2, 0.25) is 0 Å². The van der Waals surface area contributed by atoms with Crippen LogP contribution in [0.1, 0.15) is 0 Å². The lowest BCUT2D eigenvalue weighted by Crippen LogP contribution is -2.31. The number of hydrogen-bond donors (Lipinski definition) is 1. The van der Waals surface area contributed by atoms with E-state index in [1.54, 1.807) is 0 Å². The van der Waals surface area contributed by atoms with Crippen LogP contribution in [-0.2, 0) is 19.2 Å². The summed E-state index contributed by atoms with van der Waals surface area (Å²) in [6, 6.07) is 0. The smallest absolute Gasteiger partial charge is 0.277 e. The van der Waals surface area contributed by atoms with Crippen molar-refractivity contribution in [3.05, 3.63) is 12.2 Å². The molecule has 0 aromatic heterocycles. The van der Waals surface area contributed by atoms with Gasteiger partial charge in [0.15, 0.2) is 0 Å². The molecule has 2 amide bonds. The highest BCUT2D eigenvalue weighted by molar-refractivity contribution is 6.11. The minimum absolute atomic E-state index is 0.0663. The zero-order chi connectivity index (χ0) is 10.4. The summed E-state index contributed by atoms with van der Waals surface area (Å²) >= 11 is 0. The molecule has 0 aliphatic carbocycles. The molecular formula is C8H11NO5. The van der Waals surface area contributed by atoms with Gasteiger partial charge in [0, 0.05) is 12.2 Å². The number of ether oxygens (including phenoxy) is 1. The third kappa shape index (κ3) is 2.91. The van der Waals surface area contributed by atoms with Gasteiger partial charge in [0.25, 0.3) is 11.8 Å². The second-order valence-corrected chi connectivity index (χ2v) is 2.47. The van der Waals surface area contributed by atoms with Crippen LogP contribution >= 0.6 is 0 Å². The van der Waals surface area contributed by atoms with Gasteiger partial charge in [0.05, 0.1) is 26.4 Å². The van der Waals surface area contributed by atoms with E-state index in [1.807, 2.05) is 0 Å². The van der Waals surface area contributed by atoms with E-state index in [1.165, 1.54) is 0 Å². The highest BCUT2D eigenvalue weighted by Crippen LogP contribution is 2.03. The molecule has 0 bridgehead atoms. The zero-order valence-corrected chi connectivity index (χ0v) is 7.51. The zero-order valence-electron chi connectivity index (χ0n) is 7.51. The van der Waals surface area contributed by atoms with Crippen molar-refractivity contribution in [2.45, 2.75) is 0 Å². The van der Waals surface area contributed by atoms with Gasteiger partial charge in [-0.15, -0.1) is 5.06 Å². The van der Waals surface area contributed by atoms with E-state index in [9.17, 15) is 9.59 Å². The van der Waals surface area contributed by atoms with Crippen LogP contribution in [0.5, 0.6) is 0 Å². The Morgan fingerprint density at radius 2 is 1.79 bits per heavy atom. The maximum Gasteiger partial charge on any atom is 0.277 e. The molecule has 1 N–H and O–H groups in total. The molecule has 0 atom stereocenters. The monoisotopic (exact) mass is 201 g/mol. The highest BCUT2D eigenvalue weighted by Gasteiger charge is 2.24. The van der Waals surface area contributed by atoms with Crippen molar-refractivity contribution in [1.29, 1.82) is 0 Å². The molecule has 0 aromatic carbocycles. The molecule has 0 saturated heterocycles. The Labute approximate surface area is 80.7 Å². The van der Waals surface area contributed by atoms with Crippen LogP contribution in [-0.4, -0.2) is 48.4 Å². The van der Waals surface area contributed by atoms with Crippen LogP contribution in [0.25, 0.3) is 0 Å². The molecule has 0 spiro atoms. The third-order valence-corrected chi connectivity index (χ3v) is 1.45. The molecule has 14 heavy (non-hydrogen) atoms. The van der Waals surface area contributed by atoms with Crippen molar-refractivity contribution >= 4 is 11.8 Å². The number of rotatable bonds is 6. The van der Waals surface area contributed by atoms with Gasteiger partial charge in [-0.2, -0.15) is 0 Å². The number of imide groups is 1. The fourth-order valence-electron chi connectivity index (χ4n) is 0.868. The number of aliphatic hydroxyl groups is 1. The third-order valence-electron chi connectivity index (χ3n) is 1.45. The van der Waals surface area contributed by atoms with Crippen LogP contribution in [0.15, 0.2) is 12.2 Å². The van der Waals surface area contributed by atoms with Crippen LogP contribution in [0.4, 0.5) is 0 Å². The minimum Gasteiger partial charge on any atom is -0.394 e. The number of hydrogen-bond acceptors (Lipinski definition) is 5. The van der Waals surface area contributed by atoms with Crippen molar-refractivity contribution < 1.29 is 24.3 Å². The van der Waals surface area contributed by atoms with Gasteiger partial charge in [-0.05, 0) is 0 Å². The summed E-state index contributed by atoms with van der Waals surface area (Å²) < 4.78 is 4.87. The summed E-state index contributed by atoms with van der Waals surface area (Å²) in [6.07, 6.45) is 2.27. The number of aliphatic hydroxyl groups excluding tert-OH is 1. The second-order valence-electron chi connectivity index (χ2n) is 2.47. The number of nitrogens with zero attached hydrogens (tertiary/aromatic N) is 1. The quantitative estimate of drug-likeness (QED) is 0.434. The molecule has 6 heteroatoms. The van der Waals surface area contributed by atoms with E-state index in [0.717, 1.165) is 12.2 Å². The lowest BCUT2D eigenvalue weighted by molar-refractivity contribution is -0.188. The molecule has 0 radical (unpaired) electrons. The topological polar surface area (TPSA) is 76.1 Å². The van der Waals surface area contributed by atoms with Gasteiger partial charge in [-0.25, -0.2) is 0 Å². The summed E-state index contributed by atoms with van der Waals surface area (Å²) in [5, 5.41) is 9.04. The number of amides is 2. The van der Waals surface area contributed by atoms with E-state index in [4.69, 9.17) is 14.7 Å². The van der Waals surface area contributed by atoms with Crippen molar-refractivity contribution in [3.8, 4) is 0 Å². The molecule has 0 saturated carbocycles. The Morgan fingerprint density at radius 1 is 1.14 bits per heavy atom. The summed E-state index contributed by atoms with van der Waals surface area (Å²) in [5.41, 5.74) is 0. The van der Waals surface area contributed by atoms with Crippen molar-refractivity contribution in [2.24, 2.45) is 0 Å². The van der Waals surface area contributed by atoms with E-state index in [-0.39, 0.29) is 26.4 Å². The van der Waals surface area contributed by atoms with E-state index < -0.39 is 11.8 Å². The molecular weight excluding hydrogens is 190 g/mol. The molecule has 0 fully saturated rings. The Hall–Kier alpha value is -1.24. The predicted molar refractivity (Wildman–Crippen MR) is 44.8 cm³/mol. The minimum atomic E-state index is -0.489. The molecule has 6 nitrogen and oxygen atoms in total. The number of carbonyl (C=O) groups excluding carboxylic acids is 2. The second kappa shape index (κ2) is 5.48. The first-order valence-electron chi connectivity index (χ1n) is 4.13. The summed E-state index contributed by atoms with van der Waals surface area (Å²) in [7, 11) is 0. The first kappa shape index (κ1) is 10.8. The average molecular weight is 201 g/mol. The van der Waals surface area contributed by atoms with E-state index >= 15 is 0 Å². The van der Waals surface area contributed by atoms with Gasteiger partial charge in [-0.3, -0.25) is 14.4 Å². The molecule has 0 aromatic rings. The lowest BCUT2D eigenvalue weighted by Gasteiger charge is -2.12. The standard InChI is InChI=1S/C8H11NO5/c10-3-4-13-5-6-14-9-7(11)1-2-8(9)12/h1-2,10H,3-6H2. The van der Waals surface area contributed by atoms with Crippen molar-refractivity contribution in [2.75, 3.05) is 26.4 Å². The Morgan fingerprint density at radius 3 is 2.36 bits per heavy atom. The average Bonchev–Trinajstić information content (AvgIpc) is 2.48. The first-order valence-corrected chi connectivity index (χ1v) is 4.13. The molecule has 1 rings (SSSR count). The van der Waals surface area contributed by atoms with Gasteiger partial charge in [-0.1, -0.05) is 0 Å². The Balaban J connectivity index is 2.13. The number of hydroxylamine groups is 2. The maximum atomic E-state index is 10.9. The fourth-order valence-corrected chi connectivity index (χ4v) is 0.868. The van der Waals surface area contributed by atoms with Gasteiger partial charge >= 0.3 is 0 Å². The molecule has 1 aliphatic heterocycles. The molecule has 1 heterocycles. The normalized spacial score (nSPS) is 15.6. The van der Waals surface area contributed by atoms with Crippen molar-refractivity contribution in [3.63, 3.8) is 0 Å². The number of carbonyl (C=O) groups is 2. The van der Waals surface area contributed by atoms with Crippen LogP contribution in [0.3, 0.4) is 0 Å². The SMILES string of the molecule is O=C1C=CC(=O)N1OCCOCCO. The first-order chi connectivity index (χ1) is 6.75.